The van der Waals surface area contributed by atoms with Crippen LogP contribution < -0.4 is 0 Å². The predicted octanol–water partition coefficient (Wildman–Crippen LogP) is 6.11. The molecule has 4 aromatic rings. The fourth-order valence-corrected chi connectivity index (χ4v) is 4.89. The van der Waals surface area contributed by atoms with Gasteiger partial charge in [-0.1, -0.05) is 41.9 Å². The van der Waals surface area contributed by atoms with Gasteiger partial charge in [-0.2, -0.15) is 5.26 Å². The molecule has 4 rings (SSSR count). The summed E-state index contributed by atoms with van der Waals surface area (Å²) in [6, 6.07) is 17.4. The molecule has 0 spiro atoms. The number of hydrogen-bond donors (Lipinski definition) is 1. The lowest BCUT2D eigenvalue weighted by Crippen LogP contribution is -1.87. The van der Waals surface area contributed by atoms with Crippen molar-refractivity contribution in [3.63, 3.8) is 0 Å². The van der Waals surface area contributed by atoms with Crippen molar-refractivity contribution in [2.45, 2.75) is 0 Å². The highest BCUT2D eigenvalue weighted by Crippen LogP contribution is 2.41. The van der Waals surface area contributed by atoms with Gasteiger partial charge in [0.25, 0.3) is 0 Å². The Morgan fingerprint density at radius 1 is 1.04 bits per heavy atom. The molecule has 0 atom stereocenters. The molecule has 0 fully saturated rings. The van der Waals surface area contributed by atoms with E-state index in [0.29, 0.717) is 14.9 Å². The van der Waals surface area contributed by atoms with Gasteiger partial charge >= 0.3 is 0 Å². The molecular formula is C18H9ClN2OS2. The Labute approximate surface area is 150 Å². The largest absolute Gasteiger partial charge is 0.505 e. The van der Waals surface area contributed by atoms with Crippen molar-refractivity contribution in [3.8, 4) is 6.07 Å². The number of aromatic nitrogens is 1. The third-order valence-electron chi connectivity index (χ3n) is 3.61. The van der Waals surface area contributed by atoms with Crippen molar-refractivity contribution in [1.82, 2.24) is 4.98 Å². The predicted molar refractivity (Wildman–Crippen MR) is 102 cm³/mol. The van der Waals surface area contributed by atoms with Crippen molar-refractivity contribution in [3.05, 3.63) is 63.4 Å². The van der Waals surface area contributed by atoms with Crippen LogP contribution in [-0.2, 0) is 0 Å². The molecule has 1 N–H and O–H groups in total. The SMILES string of the molecule is N#CC(=C(O)c1sc2ccccc2c1Cl)c1nc2ccccc2s1. The summed E-state index contributed by atoms with van der Waals surface area (Å²) in [5.41, 5.74) is 0.949. The number of halogens is 1. The maximum Gasteiger partial charge on any atom is 0.155 e. The first-order chi connectivity index (χ1) is 11.7. The number of aliphatic hydroxyl groups excluding tert-OH is 1. The summed E-state index contributed by atoms with van der Waals surface area (Å²) < 4.78 is 1.93. The van der Waals surface area contributed by atoms with Gasteiger partial charge < -0.3 is 5.11 Å². The monoisotopic (exact) mass is 368 g/mol. The second kappa shape index (κ2) is 5.91. The number of benzene rings is 2. The number of nitriles is 1. The van der Waals surface area contributed by atoms with Gasteiger partial charge in [0.2, 0.25) is 0 Å². The number of nitrogens with zero attached hydrogens (tertiary/aromatic N) is 2. The molecule has 116 valence electrons. The normalized spacial score (nSPS) is 12.3. The zero-order valence-corrected chi connectivity index (χ0v) is 14.5. The molecule has 0 aliphatic rings. The van der Waals surface area contributed by atoms with Crippen LogP contribution in [0.3, 0.4) is 0 Å². The first-order valence-corrected chi connectivity index (χ1v) is 9.07. The highest BCUT2D eigenvalue weighted by molar-refractivity contribution is 7.21. The quantitative estimate of drug-likeness (QED) is 0.343. The molecule has 2 heterocycles. The van der Waals surface area contributed by atoms with E-state index in [-0.39, 0.29) is 11.3 Å². The zero-order chi connectivity index (χ0) is 16.7. The average Bonchev–Trinajstić information content (AvgIpc) is 3.17. The number of aliphatic hydroxyl groups is 1. The highest BCUT2D eigenvalue weighted by Gasteiger charge is 2.20. The molecule has 0 aliphatic heterocycles. The van der Waals surface area contributed by atoms with Gasteiger partial charge in [-0.3, -0.25) is 0 Å². The number of allylic oxidation sites excluding steroid dienone is 1. The maximum atomic E-state index is 10.7. The number of thiophene rings is 1. The van der Waals surface area contributed by atoms with Crippen molar-refractivity contribution >= 4 is 65.9 Å². The van der Waals surface area contributed by atoms with Crippen LogP contribution in [0.25, 0.3) is 31.6 Å². The van der Waals surface area contributed by atoms with Crippen LogP contribution in [0.1, 0.15) is 9.88 Å². The number of thiazole rings is 1. The van der Waals surface area contributed by atoms with E-state index >= 15 is 0 Å². The van der Waals surface area contributed by atoms with Crippen LogP contribution in [0.5, 0.6) is 0 Å². The van der Waals surface area contributed by atoms with Gasteiger partial charge in [-0.25, -0.2) is 4.98 Å². The Morgan fingerprint density at radius 2 is 1.75 bits per heavy atom. The minimum Gasteiger partial charge on any atom is -0.505 e. The number of fused-ring (bicyclic) bond motifs is 2. The van der Waals surface area contributed by atoms with Gasteiger partial charge in [0.1, 0.15) is 16.6 Å². The van der Waals surface area contributed by atoms with Crippen LogP contribution in [0.2, 0.25) is 5.02 Å². The smallest absolute Gasteiger partial charge is 0.155 e. The first-order valence-electron chi connectivity index (χ1n) is 7.05. The Morgan fingerprint density at radius 3 is 2.46 bits per heavy atom. The van der Waals surface area contributed by atoms with E-state index < -0.39 is 0 Å². The average molecular weight is 369 g/mol. The second-order valence-electron chi connectivity index (χ2n) is 5.06. The van der Waals surface area contributed by atoms with Gasteiger partial charge in [0, 0.05) is 10.1 Å². The topological polar surface area (TPSA) is 56.9 Å². The molecule has 0 aliphatic carbocycles. The highest BCUT2D eigenvalue weighted by atomic mass is 35.5. The lowest BCUT2D eigenvalue weighted by atomic mass is 10.2. The Balaban J connectivity index is 1.93. The minimum absolute atomic E-state index is 0.122. The van der Waals surface area contributed by atoms with Gasteiger partial charge in [-0.15, -0.1) is 22.7 Å². The summed E-state index contributed by atoms with van der Waals surface area (Å²) in [5.74, 6) is -0.122. The van der Waals surface area contributed by atoms with E-state index in [4.69, 9.17) is 11.6 Å². The van der Waals surface area contributed by atoms with Crippen molar-refractivity contribution in [2.75, 3.05) is 0 Å². The third-order valence-corrected chi connectivity index (χ3v) is 6.34. The Bertz CT molecular complexity index is 1120. The minimum atomic E-state index is -0.122. The molecule has 3 nitrogen and oxygen atoms in total. The van der Waals surface area contributed by atoms with Crippen LogP contribution in [0.15, 0.2) is 48.5 Å². The zero-order valence-electron chi connectivity index (χ0n) is 12.2. The van der Waals surface area contributed by atoms with Crippen molar-refractivity contribution < 1.29 is 5.11 Å². The molecule has 0 saturated carbocycles. The van der Waals surface area contributed by atoms with Gasteiger partial charge in [-0.05, 0) is 18.2 Å². The fourth-order valence-electron chi connectivity index (χ4n) is 2.46. The summed E-state index contributed by atoms with van der Waals surface area (Å²) in [6.07, 6.45) is 0. The number of hydrogen-bond acceptors (Lipinski definition) is 5. The third kappa shape index (κ3) is 2.36. The van der Waals surface area contributed by atoms with E-state index in [2.05, 4.69) is 11.1 Å². The molecule has 0 amide bonds. The van der Waals surface area contributed by atoms with Crippen LogP contribution in [-0.4, -0.2) is 10.1 Å². The van der Waals surface area contributed by atoms with Crippen LogP contribution in [0, 0.1) is 11.3 Å². The van der Waals surface area contributed by atoms with E-state index in [1.165, 1.54) is 22.7 Å². The fraction of sp³-hybridized carbons (Fsp3) is 0. The van der Waals surface area contributed by atoms with Crippen molar-refractivity contribution in [1.29, 1.82) is 5.26 Å². The standard InChI is InChI=1S/C18H9ClN2OS2/c19-15-10-5-1-3-7-13(10)23-17(15)16(22)11(9-20)18-21-12-6-2-4-8-14(12)24-18/h1-8,22H. The van der Waals surface area contributed by atoms with E-state index in [0.717, 1.165) is 20.3 Å². The molecule has 0 saturated heterocycles. The summed E-state index contributed by atoms with van der Waals surface area (Å²) >= 11 is 9.15. The summed E-state index contributed by atoms with van der Waals surface area (Å²) in [4.78, 5) is 4.95. The second-order valence-corrected chi connectivity index (χ2v) is 7.52. The lowest BCUT2D eigenvalue weighted by Gasteiger charge is -2.00. The van der Waals surface area contributed by atoms with Crippen molar-refractivity contribution in [2.24, 2.45) is 0 Å². The molecule has 0 unspecified atom stereocenters. The molecule has 2 aromatic heterocycles. The number of rotatable bonds is 2. The van der Waals surface area contributed by atoms with E-state index in [1.54, 1.807) is 0 Å². The first kappa shape index (κ1) is 15.2. The maximum absolute atomic E-state index is 10.7. The molecule has 0 bridgehead atoms. The summed E-state index contributed by atoms with van der Waals surface area (Å²) in [5, 5.41) is 22.1. The molecule has 0 radical (unpaired) electrons. The molecule has 6 heteroatoms. The summed E-state index contributed by atoms with van der Waals surface area (Å²) in [6.45, 7) is 0. The van der Waals surface area contributed by atoms with Gasteiger partial charge in [0.15, 0.2) is 5.76 Å². The van der Waals surface area contributed by atoms with Crippen LogP contribution >= 0.6 is 34.3 Å². The Hall–Kier alpha value is -2.39. The lowest BCUT2D eigenvalue weighted by molar-refractivity contribution is 0.516. The van der Waals surface area contributed by atoms with Gasteiger partial charge in [0.05, 0.1) is 20.1 Å². The molecule has 24 heavy (non-hydrogen) atoms. The molecular weight excluding hydrogens is 360 g/mol. The summed E-state index contributed by atoms with van der Waals surface area (Å²) in [7, 11) is 0. The Kier molecular flexibility index (Phi) is 3.73. The van der Waals surface area contributed by atoms with E-state index in [1.807, 2.05) is 48.5 Å². The number of para-hydroxylation sites is 1. The molecule has 2 aromatic carbocycles. The van der Waals surface area contributed by atoms with Crippen LogP contribution in [0.4, 0.5) is 0 Å². The van der Waals surface area contributed by atoms with E-state index in [9.17, 15) is 10.4 Å².